The van der Waals surface area contributed by atoms with Gasteiger partial charge in [0, 0.05) is 13.1 Å². The molecule has 1 aliphatic rings. The summed E-state index contributed by atoms with van der Waals surface area (Å²) < 4.78 is 10.6. The lowest BCUT2D eigenvalue weighted by molar-refractivity contribution is -0.132. The smallest absolute Gasteiger partial charge is 0.255 e. The summed E-state index contributed by atoms with van der Waals surface area (Å²) in [5.74, 6) is -1.08. The van der Waals surface area contributed by atoms with Gasteiger partial charge in [-0.25, -0.2) is 0 Å². The number of carbonyl (C=O) groups is 2. The Balaban J connectivity index is 2.10. The molecule has 1 unspecified atom stereocenters. The van der Waals surface area contributed by atoms with Crippen molar-refractivity contribution in [3.63, 3.8) is 0 Å². The van der Waals surface area contributed by atoms with E-state index < -0.39 is 5.91 Å². The summed E-state index contributed by atoms with van der Waals surface area (Å²) >= 11 is 5.91. The average Bonchev–Trinajstić information content (AvgIpc) is 2.54. The van der Waals surface area contributed by atoms with Crippen LogP contribution < -0.4 is 21.1 Å². The number of carbonyl (C=O) groups excluding carboxylic acids is 2. The lowest BCUT2D eigenvalue weighted by Crippen LogP contribution is -2.48. The van der Waals surface area contributed by atoms with Crippen molar-refractivity contribution in [2.75, 3.05) is 32.0 Å². The van der Waals surface area contributed by atoms with Gasteiger partial charge < -0.3 is 30.9 Å². The summed E-state index contributed by atoms with van der Waals surface area (Å²) in [6, 6.07) is 1.33. The molecule has 0 radical (unpaired) electrons. The number of phenols is 1. The first-order valence-corrected chi connectivity index (χ1v) is 7.42. The SMILES string of the molecule is CCOc1c(C(=O)NCC2CNC(=O)CO2)cc(Cl)c(N)c1O. The van der Waals surface area contributed by atoms with Gasteiger partial charge in [-0.2, -0.15) is 0 Å². The molecule has 1 fully saturated rings. The number of rotatable bonds is 5. The van der Waals surface area contributed by atoms with Crippen LogP contribution in [0.15, 0.2) is 6.07 Å². The molecule has 5 N–H and O–H groups in total. The molecule has 9 heteroatoms. The highest BCUT2D eigenvalue weighted by Crippen LogP contribution is 2.40. The Morgan fingerprint density at radius 1 is 1.65 bits per heavy atom. The zero-order chi connectivity index (χ0) is 17.0. The summed E-state index contributed by atoms with van der Waals surface area (Å²) in [4.78, 5) is 23.3. The van der Waals surface area contributed by atoms with Crippen LogP contribution in [0.3, 0.4) is 0 Å². The molecule has 0 aliphatic carbocycles. The van der Waals surface area contributed by atoms with Crippen LogP contribution in [0.4, 0.5) is 5.69 Å². The van der Waals surface area contributed by atoms with E-state index >= 15 is 0 Å². The third kappa shape index (κ3) is 3.96. The number of hydrogen-bond donors (Lipinski definition) is 4. The molecule has 1 atom stereocenters. The molecular formula is C14H18ClN3O5. The lowest BCUT2D eigenvalue weighted by Gasteiger charge is -2.23. The molecule has 1 aromatic carbocycles. The fourth-order valence-electron chi connectivity index (χ4n) is 2.06. The van der Waals surface area contributed by atoms with E-state index in [1.807, 2.05) is 0 Å². The van der Waals surface area contributed by atoms with Crippen LogP contribution in [0.2, 0.25) is 5.02 Å². The second-order valence-electron chi connectivity index (χ2n) is 4.88. The van der Waals surface area contributed by atoms with Crippen LogP contribution in [-0.4, -0.2) is 49.3 Å². The lowest BCUT2D eigenvalue weighted by atomic mass is 10.1. The third-order valence-corrected chi connectivity index (χ3v) is 3.56. The molecule has 23 heavy (non-hydrogen) atoms. The maximum Gasteiger partial charge on any atom is 0.255 e. The van der Waals surface area contributed by atoms with Gasteiger partial charge in [-0.3, -0.25) is 9.59 Å². The molecule has 1 aliphatic heterocycles. The number of nitrogens with two attached hydrogens (primary N) is 1. The molecule has 0 saturated carbocycles. The van der Waals surface area contributed by atoms with E-state index in [0.717, 1.165) is 0 Å². The topological polar surface area (TPSA) is 123 Å². The molecular weight excluding hydrogens is 326 g/mol. The minimum atomic E-state index is -0.494. The minimum absolute atomic E-state index is 0.0234. The van der Waals surface area contributed by atoms with E-state index in [0.29, 0.717) is 6.54 Å². The number of ether oxygens (including phenoxy) is 2. The Bertz CT molecular complexity index is 613. The van der Waals surface area contributed by atoms with Gasteiger partial charge in [-0.15, -0.1) is 0 Å². The van der Waals surface area contributed by atoms with E-state index in [9.17, 15) is 14.7 Å². The number of hydrogen-bond acceptors (Lipinski definition) is 6. The van der Waals surface area contributed by atoms with Crippen molar-refractivity contribution in [2.45, 2.75) is 13.0 Å². The standard InChI is InChI=1S/C14H18ClN3O5/c1-2-22-13-8(3-9(15)11(16)12(13)20)14(21)18-5-7-4-17-10(19)6-23-7/h3,7,20H,2,4-6,16H2,1H3,(H,17,19)(H,18,21). The molecule has 8 nitrogen and oxygen atoms in total. The van der Waals surface area contributed by atoms with Gasteiger partial charge in [-0.1, -0.05) is 11.6 Å². The molecule has 1 saturated heterocycles. The first-order valence-electron chi connectivity index (χ1n) is 7.04. The molecule has 0 aromatic heterocycles. The maximum absolute atomic E-state index is 12.3. The Morgan fingerprint density at radius 2 is 2.39 bits per heavy atom. The number of amides is 2. The Kier molecular flexibility index (Phi) is 5.51. The van der Waals surface area contributed by atoms with Crippen LogP contribution in [0.5, 0.6) is 11.5 Å². The predicted molar refractivity (Wildman–Crippen MR) is 83.8 cm³/mol. The van der Waals surface area contributed by atoms with Crippen molar-refractivity contribution in [1.29, 1.82) is 0 Å². The summed E-state index contributed by atoms with van der Waals surface area (Å²) in [6.07, 6.45) is -0.329. The summed E-state index contributed by atoms with van der Waals surface area (Å²) in [7, 11) is 0. The van der Waals surface area contributed by atoms with Gasteiger partial charge in [0.2, 0.25) is 5.91 Å². The number of benzene rings is 1. The molecule has 1 aromatic rings. The number of nitrogen functional groups attached to an aromatic ring is 1. The van der Waals surface area contributed by atoms with Gasteiger partial charge in [0.15, 0.2) is 11.5 Å². The van der Waals surface area contributed by atoms with Crippen LogP contribution in [0.1, 0.15) is 17.3 Å². The highest BCUT2D eigenvalue weighted by molar-refractivity contribution is 6.34. The van der Waals surface area contributed by atoms with Gasteiger partial charge in [-0.05, 0) is 13.0 Å². The summed E-state index contributed by atoms with van der Waals surface area (Å²) in [6.45, 7) is 2.41. The molecule has 126 valence electrons. The zero-order valence-corrected chi connectivity index (χ0v) is 13.3. The third-order valence-electron chi connectivity index (χ3n) is 3.24. The number of nitrogens with one attached hydrogen (secondary N) is 2. The zero-order valence-electron chi connectivity index (χ0n) is 12.5. The Labute approximate surface area is 137 Å². The number of phenolic OH excluding ortho intramolecular Hbond substituents is 1. The minimum Gasteiger partial charge on any atom is -0.503 e. The van der Waals surface area contributed by atoms with Gasteiger partial charge in [0.1, 0.15) is 6.61 Å². The van der Waals surface area contributed by atoms with Crippen molar-refractivity contribution in [3.05, 3.63) is 16.7 Å². The van der Waals surface area contributed by atoms with Gasteiger partial charge in [0.25, 0.3) is 5.91 Å². The number of aromatic hydroxyl groups is 1. The van der Waals surface area contributed by atoms with E-state index in [4.69, 9.17) is 26.8 Å². The number of anilines is 1. The normalized spacial score (nSPS) is 17.5. The van der Waals surface area contributed by atoms with E-state index in [1.165, 1.54) is 6.07 Å². The molecule has 0 spiro atoms. The first-order chi connectivity index (χ1) is 10.9. The van der Waals surface area contributed by atoms with Crippen LogP contribution >= 0.6 is 11.6 Å². The fourth-order valence-corrected chi connectivity index (χ4v) is 2.25. The van der Waals surface area contributed by atoms with E-state index in [2.05, 4.69) is 10.6 Å². The first kappa shape index (κ1) is 17.2. The Hall–Kier alpha value is -2.19. The van der Waals surface area contributed by atoms with Crippen molar-refractivity contribution in [2.24, 2.45) is 0 Å². The average molecular weight is 344 g/mol. The fraction of sp³-hybridized carbons (Fsp3) is 0.429. The van der Waals surface area contributed by atoms with Crippen molar-refractivity contribution in [1.82, 2.24) is 10.6 Å². The number of morpholine rings is 1. The van der Waals surface area contributed by atoms with Crippen molar-refractivity contribution >= 4 is 29.1 Å². The van der Waals surface area contributed by atoms with E-state index in [1.54, 1.807) is 6.92 Å². The number of halogens is 1. The largest absolute Gasteiger partial charge is 0.503 e. The maximum atomic E-state index is 12.3. The summed E-state index contributed by atoms with van der Waals surface area (Å²) in [5, 5.41) is 15.3. The predicted octanol–water partition coefficient (Wildman–Crippen LogP) is 0.271. The quantitative estimate of drug-likeness (QED) is 0.449. The van der Waals surface area contributed by atoms with Crippen LogP contribution in [-0.2, 0) is 9.53 Å². The second-order valence-corrected chi connectivity index (χ2v) is 5.28. The van der Waals surface area contributed by atoms with Crippen molar-refractivity contribution in [3.8, 4) is 11.5 Å². The monoisotopic (exact) mass is 343 g/mol. The summed E-state index contributed by atoms with van der Waals surface area (Å²) in [5.41, 5.74) is 5.65. The molecule has 0 bridgehead atoms. The van der Waals surface area contributed by atoms with Gasteiger partial charge >= 0.3 is 0 Å². The molecule has 2 rings (SSSR count). The Morgan fingerprint density at radius 3 is 3.00 bits per heavy atom. The van der Waals surface area contributed by atoms with Crippen LogP contribution in [0, 0.1) is 0 Å². The van der Waals surface area contributed by atoms with Gasteiger partial charge in [0.05, 0.1) is 29.0 Å². The molecule has 2 amide bonds. The highest BCUT2D eigenvalue weighted by atomic mass is 35.5. The highest BCUT2D eigenvalue weighted by Gasteiger charge is 2.23. The van der Waals surface area contributed by atoms with Crippen molar-refractivity contribution < 1.29 is 24.2 Å². The van der Waals surface area contributed by atoms with Crippen LogP contribution in [0.25, 0.3) is 0 Å². The van der Waals surface area contributed by atoms with E-state index in [-0.39, 0.29) is 59.5 Å². The molecule has 1 heterocycles. The second kappa shape index (κ2) is 7.38.